The van der Waals surface area contributed by atoms with E-state index in [1.54, 1.807) is 0 Å². The molecule has 0 unspecified atom stereocenters. The van der Waals surface area contributed by atoms with Crippen LogP contribution < -0.4 is 0 Å². The quantitative estimate of drug-likeness (QED) is 0.722. The lowest BCUT2D eigenvalue weighted by Crippen LogP contribution is -2.36. The summed E-state index contributed by atoms with van der Waals surface area (Å²) in [4.78, 5) is 2.37. The highest BCUT2D eigenvalue weighted by molar-refractivity contribution is 7.80. The predicted octanol–water partition coefficient (Wildman–Crippen LogP) is 4.51. The van der Waals surface area contributed by atoms with Crippen molar-refractivity contribution in [3.63, 3.8) is 0 Å². The Labute approximate surface area is 122 Å². The van der Waals surface area contributed by atoms with Crippen LogP contribution in [0.2, 0.25) is 5.02 Å². The van der Waals surface area contributed by atoms with Gasteiger partial charge < -0.3 is 4.90 Å². The van der Waals surface area contributed by atoms with E-state index < -0.39 is 0 Å². The zero-order valence-electron chi connectivity index (χ0n) is 11.6. The maximum absolute atomic E-state index is 6.01. The third-order valence-electron chi connectivity index (χ3n) is 3.78. The number of nitrogens with zero attached hydrogens (tertiary/aromatic N) is 1. The van der Waals surface area contributed by atoms with Crippen LogP contribution in [0.25, 0.3) is 0 Å². The number of benzene rings is 1. The summed E-state index contributed by atoms with van der Waals surface area (Å²) in [7, 11) is 2.17. The zero-order chi connectivity index (χ0) is 13.6. The van der Waals surface area contributed by atoms with E-state index in [1.165, 1.54) is 18.4 Å². The number of hydrogen-bond donors (Lipinski definition) is 1. The first-order chi connectivity index (χ1) is 8.55. The molecule has 0 aliphatic rings. The number of thiol groups is 1. The third-order valence-corrected chi connectivity index (χ3v) is 4.69. The predicted molar refractivity (Wildman–Crippen MR) is 84.7 cm³/mol. The monoisotopic (exact) mass is 285 g/mol. The molecule has 0 bridgehead atoms. The van der Waals surface area contributed by atoms with Gasteiger partial charge in [-0.1, -0.05) is 37.6 Å². The molecular weight excluding hydrogens is 262 g/mol. The summed E-state index contributed by atoms with van der Waals surface area (Å²) < 4.78 is 0. The lowest BCUT2D eigenvalue weighted by molar-refractivity contribution is 0.179. The second-order valence-electron chi connectivity index (χ2n) is 5.17. The SMILES string of the molecule is CCC(CC)(CS)CN(C)Cc1cccc(Cl)c1. The molecule has 1 rings (SSSR count). The van der Waals surface area contributed by atoms with Crippen molar-refractivity contribution in [2.45, 2.75) is 33.2 Å². The third kappa shape index (κ3) is 4.49. The molecule has 0 spiro atoms. The molecule has 0 saturated carbocycles. The van der Waals surface area contributed by atoms with E-state index in [0.717, 1.165) is 23.9 Å². The lowest BCUT2D eigenvalue weighted by atomic mass is 9.84. The Morgan fingerprint density at radius 2 is 1.94 bits per heavy atom. The van der Waals surface area contributed by atoms with Gasteiger partial charge in [-0.25, -0.2) is 0 Å². The fourth-order valence-corrected chi connectivity index (χ4v) is 3.08. The summed E-state index contributed by atoms with van der Waals surface area (Å²) in [5.41, 5.74) is 1.60. The molecule has 3 heteroatoms. The largest absolute Gasteiger partial charge is 0.302 e. The van der Waals surface area contributed by atoms with Crippen LogP contribution in [0.1, 0.15) is 32.3 Å². The summed E-state index contributed by atoms with van der Waals surface area (Å²) in [6.45, 7) is 6.53. The fourth-order valence-electron chi connectivity index (χ4n) is 2.32. The molecule has 18 heavy (non-hydrogen) atoms. The van der Waals surface area contributed by atoms with Crippen LogP contribution in [0, 0.1) is 5.41 Å². The van der Waals surface area contributed by atoms with Crippen molar-refractivity contribution >= 4 is 24.2 Å². The van der Waals surface area contributed by atoms with Crippen molar-refractivity contribution in [3.8, 4) is 0 Å². The van der Waals surface area contributed by atoms with Crippen LogP contribution in [0.4, 0.5) is 0 Å². The average molecular weight is 286 g/mol. The molecule has 0 atom stereocenters. The van der Waals surface area contributed by atoms with E-state index in [-0.39, 0.29) is 0 Å². The fraction of sp³-hybridized carbons (Fsp3) is 0.600. The van der Waals surface area contributed by atoms with E-state index >= 15 is 0 Å². The van der Waals surface area contributed by atoms with E-state index in [1.807, 2.05) is 18.2 Å². The van der Waals surface area contributed by atoms with Crippen LogP contribution in [-0.2, 0) is 6.54 Å². The van der Waals surface area contributed by atoms with Crippen LogP contribution in [-0.4, -0.2) is 24.2 Å². The van der Waals surface area contributed by atoms with Crippen molar-refractivity contribution in [1.29, 1.82) is 0 Å². The summed E-state index contributed by atoms with van der Waals surface area (Å²) in [5, 5.41) is 0.812. The van der Waals surface area contributed by atoms with Gasteiger partial charge in [-0.2, -0.15) is 12.6 Å². The Morgan fingerprint density at radius 1 is 1.28 bits per heavy atom. The molecule has 0 aliphatic heterocycles. The van der Waals surface area contributed by atoms with Gasteiger partial charge in [-0.05, 0) is 48.8 Å². The molecule has 0 fully saturated rings. The minimum absolute atomic E-state index is 0.330. The van der Waals surface area contributed by atoms with Crippen molar-refractivity contribution in [1.82, 2.24) is 4.90 Å². The van der Waals surface area contributed by atoms with Crippen LogP contribution in [0.3, 0.4) is 0 Å². The molecule has 0 heterocycles. The van der Waals surface area contributed by atoms with Gasteiger partial charge in [0.1, 0.15) is 0 Å². The molecule has 0 amide bonds. The first kappa shape index (κ1) is 15.9. The van der Waals surface area contributed by atoms with Crippen LogP contribution in [0.5, 0.6) is 0 Å². The van der Waals surface area contributed by atoms with E-state index in [4.69, 9.17) is 11.6 Å². The second kappa shape index (κ2) is 7.42. The molecule has 102 valence electrons. The van der Waals surface area contributed by atoms with Crippen molar-refractivity contribution in [3.05, 3.63) is 34.9 Å². The normalized spacial score (nSPS) is 12.1. The first-order valence-electron chi connectivity index (χ1n) is 6.59. The van der Waals surface area contributed by atoms with Gasteiger partial charge in [0.2, 0.25) is 0 Å². The summed E-state index contributed by atoms with van der Waals surface area (Å²) in [6, 6.07) is 8.10. The Kier molecular flexibility index (Phi) is 6.54. The Bertz CT molecular complexity index is 355. The van der Waals surface area contributed by atoms with E-state index in [9.17, 15) is 0 Å². The lowest BCUT2D eigenvalue weighted by Gasteiger charge is -2.34. The minimum atomic E-state index is 0.330. The van der Waals surface area contributed by atoms with Gasteiger partial charge in [0.05, 0.1) is 0 Å². The smallest absolute Gasteiger partial charge is 0.0409 e. The first-order valence-corrected chi connectivity index (χ1v) is 7.60. The number of halogens is 1. The summed E-state index contributed by atoms with van der Waals surface area (Å²) >= 11 is 10.5. The van der Waals surface area contributed by atoms with E-state index in [0.29, 0.717) is 5.41 Å². The highest BCUT2D eigenvalue weighted by atomic mass is 35.5. The highest BCUT2D eigenvalue weighted by Crippen LogP contribution is 2.29. The van der Waals surface area contributed by atoms with Crippen molar-refractivity contribution < 1.29 is 0 Å². The van der Waals surface area contributed by atoms with Gasteiger partial charge in [-0.15, -0.1) is 0 Å². The van der Waals surface area contributed by atoms with Crippen molar-refractivity contribution in [2.24, 2.45) is 5.41 Å². The Morgan fingerprint density at radius 3 is 2.44 bits per heavy atom. The van der Waals surface area contributed by atoms with Gasteiger partial charge in [-0.3, -0.25) is 0 Å². The Balaban J connectivity index is 2.63. The van der Waals surface area contributed by atoms with Crippen molar-refractivity contribution in [2.75, 3.05) is 19.3 Å². The molecule has 0 aromatic heterocycles. The topological polar surface area (TPSA) is 3.24 Å². The van der Waals surface area contributed by atoms with Crippen LogP contribution >= 0.6 is 24.2 Å². The van der Waals surface area contributed by atoms with Crippen LogP contribution in [0.15, 0.2) is 24.3 Å². The molecule has 0 N–H and O–H groups in total. The summed E-state index contributed by atoms with van der Waals surface area (Å²) in [6.07, 6.45) is 2.35. The molecule has 1 nitrogen and oxygen atoms in total. The van der Waals surface area contributed by atoms with Gasteiger partial charge in [0.15, 0.2) is 0 Å². The number of rotatable bonds is 7. The zero-order valence-corrected chi connectivity index (χ0v) is 13.3. The minimum Gasteiger partial charge on any atom is -0.302 e. The summed E-state index contributed by atoms with van der Waals surface area (Å²) in [5.74, 6) is 0.944. The maximum Gasteiger partial charge on any atom is 0.0409 e. The second-order valence-corrected chi connectivity index (χ2v) is 5.92. The van der Waals surface area contributed by atoms with Gasteiger partial charge in [0, 0.05) is 18.1 Å². The molecule has 1 aromatic carbocycles. The highest BCUT2D eigenvalue weighted by Gasteiger charge is 2.25. The molecule has 0 radical (unpaired) electrons. The maximum atomic E-state index is 6.01. The van der Waals surface area contributed by atoms with E-state index in [2.05, 4.69) is 44.5 Å². The van der Waals surface area contributed by atoms with Gasteiger partial charge >= 0.3 is 0 Å². The van der Waals surface area contributed by atoms with Gasteiger partial charge in [0.25, 0.3) is 0 Å². The Hall–Kier alpha value is -0.180. The molecule has 0 aliphatic carbocycles. The standard InChI is InChI=1S/C15H24ClNS/c1-4-15(5-2,12-18)11-17(3)10-13-7-6-8-14(16)9-13/h6-9,18H,4-5,10-12H2,1-3H3. The molecule has 1 aromatic rings. The molecule has 0 saturated heterocycles. The molecular formula is C15H24ClNS. The number of hydrogen-bond acceptors (Lipinski definition) is 2. The average Bonchev–Trinajstić information content (AvgIpc) is 2.36.